The van der Waals surface area contributed by atoms with Crippen LogP contribution in [-0.2, 0) is 10.9 Å². The van der Waals surface area contributed by atoms with Crippen LogP contribution < -0.4 is 10.2 Å². The maximum Gasteiger partial charge on any atom is 0.417 e. The van der Waals surface area contributed by atoms with E-state index >= 15 is 0 Å². The zero-order chi connectivity index (χ0) is 23.6. The molecule has 1 saturated heterocycles. The number of nitrogens with zero attached hydrogens (tertiary/aromatic N) is 2. The summed E-state index contributed by atoms with van der Waals surface area (Å²) >= 11 is 1.46. The lowest BCUT2D eigenvalue weighted by Gasteiger charge is -2.32. The SMILES string of the molecule is CCOC(=O)c1ccc2nc(N3CCC(NC(=O)c4ccccc4C(F)(F)F)CC3)sc2c1. The van der Waals surface area contributed by atoms with Crippen LogP contribution in [0.3, 0.4) is 0 Å². The predicted octanol–water partition coefficient (Wildman–Crippen LogP) is 4.89. The van der Waals surface area contributed by atoms with Gasteiger partial charge in [-0.25, -0.2) is 9.78 Å². The van der Waals surface area contributed by atoms with Crippen molar-refractivity contribution in [1.82, 2.24) is 10.3 Å². The van der Waals surface area contributed by atoms with E-state index in [0.29, 0.717) is 38.1 Å². The van der Waals surface area contributed by atoms with Crippen molar-refractivity contribution in [1.29, 1.82) is 0 Å². The summed E-state index contributed by atoms with van der Waals surface area (Å²) in [5, 5.41) is 3.55. The fraction of sp³-hybridized carbons (Fsp3) is 0.348. The number of fused-ring (bicyclic) bond motifs is 1. The Labute approximate surface area is 192 Å². The van der Waals surface area contributed by atoms with Gasteiger partial charge in [0.05, 0.1) is 33.5 Å². The van der Waals surface area contributed by atoms with Gasteiger partial charge in [-0.05, 0) is 50.1 Å². The molecule has 2 aromatic carbocycles. The van der Waals surface area contributed by atoms with Crippen LogP contribution in [-0.4, -0.2) is 42.6 Å². The minimum absolute atomic E-state index is 0.222. The fourth-order valence-electron chi connectivity index (χ4n) is 3.80. The van der Waals surface area contributed by atoms with Crippen molar-refractivity contribution in [2.24, 2.45) is 0 Å². The fourth-order valence-corrected chi connectivity index (χ4v) is 4.85. The Kier molecular flexibility index (Phi) is 6.55. The molecule has 10 heteroatoms. The molecule has 1 amide bonds. The van der Waals surface area contributed by atoms with Gasteiger partial charge < -0.3 is 15.0 Å². The summed E-state index contributed by atoms with van der Waals surface area (Å²) in [4.78, 5) is 31.2. The van der Waals surface area contributed by atoms with Crippen molar-refractivity contribution in [3.8, 4) is 0 Å². The van der Waals surface area contributed by atoms with Crippen LogP contribution in [0.2, 0.25) is 0 Å². The van der Waals surface area contributed by atoms with Crippen LogP contribution in [0, 0.1) is 0 Å². The van der Waals surface area contributed by atoms with E-state index in [9.17, 15) is 22.8 Å². The minimum atomic E-state index is -4.59. The van der Waals surface area contributed by atoms with Gasteiger partial charge in [0.15, 0.2) is 5.13 Å². The first-order valence-electron chi connectivity index (χ1n) is 10.6. The molecule has 3 aromatic rings. The molecule has 4 rings (SSSR count). The topological polar surface area (TPSA) is 71.5 Å². The number of carbonyl (C=O) groups excluding carboxylic acids is 2. The summed E-state index contributed by atoms with van der Waals surface area (Å²) < 4.78 is 45.5. The zero-order valence-electron chi connectivity index (χ0n) is 17.8. The number of hydrogen-bond acceptors (Lipinski definition) is 6. The number of esters is 1. The summed E-state index contributed by atoms with van der Waals surface area (Å²) in [5.41, 5.74) is -0.0463. The third kappa shape index (κ3) is 5.11. The van der Waals surface area contributed by atoms with Gasteiger partial charge >= 0.3 is 12.1 Å². The number of nitrogens with one attached hydrogen (secondary N) is 1. The first-order chi connectivity index (χ1) is 15.8. The molecule has 0 aliphatic carbocycles. The second-order valence-corrected chi connectivity index (χ2v) is 8.69. The quantitative estimate of drug-likeness (QED) is 0.530. The molecule has 2 heterocycles. The molecular formula is C23H22F3N3O3S. The van der Waals surface area contributed by atoms with Crippen molar-refractivity contribution >= 4 is 38.6 Å². The van der Waals surface area contributed by atoms with E-state index < -0.39 is 17.6 Å². The first kappa shape index (κ1) is 23.0. The highest BCUT2D eigenvalue weighted by atomic mass is 32.1. The molecule has 0 atom stereocenters. The van der Waals surface area contributed by atoms with E-state index in [1.807, 2.05) is 0 Å². The molecule has 0 bridgehead atoms. The standard InChI is InChI=1S/C23H22F3N3O3S/c1-2-32-21(31)14-7-8-18-19(13-14)33-22(28-18)29-11-9-15(10-12-29)27-20(30)16-5-3-4-6-17(16)23(24,25)26/h3-8,13,15H,2,9-12H2,1H3,(H,27,30). The van der Waals surface area contributed by atoms with Gasteiger partial charge in [0.1, 0.15) is 0 Å². The number of halogens is 3. The number of piperidine rings is 1. The van der Waals surface area contributed by atoms with Crippen LogP contribution >= 0.6 is 11.3 Å². The number of hydrogen-bond donors (Lipinski definition) is 1. The molecule has 6 nitrogen and oxygen atoms in total. The van der Waals surface area contributed by atoms with Crippen molar-refractivity contribution in [3.63, 3.8) is 0 Å². The summed E-state index contributed by atoms with van der Waals surface area (Å²) in [7, 11) is 0. The Balaban J connectivity index is 1.40. The molecule has 33 heavy (non-hydrogen) atoms. The molecule has 1 aliphatic rings. The van der Waals surface area contributed by atoms with Gasteiger partial charge in [-0.2, -0.15) is 13.2 Å². The highest BCUT2D eigenvalue weighted by molar-refractivity contribution is 7.22. The lowest BCUT2D eigenvalue weighted by Crippen LogP contribution is -2.45. The molecule has 0 unspecified atom stereocenters. The van der Waals surface area contributed by atoms with Gasteiger partial charge in [0.2, 0.25) is 0 Å². The molecule has 1 N–H and O–H groups in total. The smallest absolute Gasteiger partial charge is 0.417 e. The Bertz CT molecular complexity index is 1170. The third-order valence-corrected chi connectivity index (χ3v) is 6.55. The number of anilines is 1. The number of rotatable bonds is 5. The lowest BCUT2D eigenvalue weighted by molar-refractivity contribution is -0.137. The highest BCUT2D eigenvalue weighted by Gasteiger charge is 2.35. The van der Waals surface area contributed by atoms with E-state index in [1.54, 1.807) is 25.1 Å². The number of benzene rings is 2. The average Bonchev–Trinajstić information content (AvgIpc) is 3.22. The molecular weight excluding hydrogens is 455 g/mol. The number of carbonyl (C=O) groups is 2. The van der Waals surface area contributed by atoms with E-state index in [1.165, 1.54) is 29.5 Å². The lowest BCUT2D eigenvalue weighted by atomic mass is 10.0. The Morgan fingerprint density at radius 1 is 1.18 bits per heavy atom. The summed E-state index contributed by atoms with van der Waals surface area (Å²) in [6, 6.07) is 9.81. The number of thiazole rings is 1. The van der Waals surface area contributed by atoms with Crippen LogP contribution in [0.25, 0.3) is 10.2 Å². The maximum absolute atomic E-state index is 13.2. The summed E-state index contributed by atoms with van der Waals surface area (Å²) in [6.07, 6.45) is -3.41. The molecule has 1 fully saturated rings. The number of aromatic nitrogens is 1. The molecule has 1 aromatic heterocycles. The van der Waals surface area contributed by atoms with Crippen LogP contribution in [0.5, 0.6) is 0 Å². The van der Waals surface area contributed by atoms with Crippen molar-refractivity contribution in [2.45, 2.75) is 32.0 Å². The maximum atomic E-state index is 13.2. The van der Waals surface area contributed by atoms with Crippen LogP contribution in [0.4, 0.5) is 18.3 Å². The van der Waals surface area contributed by atoms with Gasteiger partial charge in [-0.3, -0.25) is 4.79 Å². The van der Waals surface area contributed by atoms with Crippen molar-refractivity contribution in [3.05, 3.63) is 59.2 Å². The molecule has 174 valence electrons. The first-order valence-corrected chi connectivity index (χ1v) is 11.4. The minimum Gasteiger partial charge on any atom is -0.462 e. The zero-order valence-corrected chi connectivity index (χ0v) is 18.6. The normalized spacial score (nSPS) is 15.0. The van der Waals surface area contributed by atoms with Gasteiger partial charge in [0.25, 0.3) is 5.91 Å². The van der Waals surface area contributed by atoms with Crippen molar-refractivity contribution in [2.75, 3.05) is 24.6 Å². The number of amides is 1. The largest absolute Gasteiger partial charge is 0.462 e. The molecule has 0 radical (unpaired) electrons. The average molecular weight is 478 g/mol. The van der Waals surface area contributed by atoms with Crippen LogP contribution in [0.1, 0.15) is 46.0 Å². The molecule has 0 saturated carbocycles. The van der Waals surface area contributed by atoms with E-state index in [4.69, 9.17) is 4.74 Å². The summed E-state index contributed by atoms with van der Waals surface area (Å²) in [5.74, 6) is -1.09. The Hall–Kier alpha value is -3.14. The van der Waals surface area contributed by atoms with Gasteiger partial charge in [-0.1, -0.05) is 23.5 Å². The van der Waals surface area contributed by atoms with Crippen molar-refractivity contribution < 1.29 is 27.5 Å². The van der Waals surface area contributed by atoms with E-state index in [0.717, 1.165) is 21.4 Å². The van der Waals surface area contributed by atoms with Gasteiger partial charge in [-0.15, -0.1) is 0 Å². The van der Waals surface area contributed by atoms with Crippen LogP contribution in [0.15, 0.2) is 42.5 Å². The second-order valence-electron chi connectivity index (χ2n) is 7.68. The number of alkyl halides is 3. The Morgan fingerprint density at radius 2 is 1.91 bits per heavy atom. The monoisotopic (exact) mass is 477 g/mol. The predicted molar refractivity (Wildman–Crippen MR) is 120 cm³/mol. The Morgan fingerprint density at radius 3 is 2.61 bits per heavy atom. The van der Waals surface area contributed by atoms with E-state index in [-0.39, 0.29) is 17.6 Å². The molecule has 0 spiro atoms. The highest BCUT2D eigenvalue weighted by Crippen LogP contribution is 2.33. The summed E-state index contributed by atoms with van der Waals surface area (Å²) in [6.45, 7) is 3.27. The van der Waals surface area contributed by atoms with Gasteiger partial charge in [0, 0.05) is 19.1 Å². The second kappa shape index (κ2) is 9.38. The molecule has 1 aliphatic heterocycles. The number of ether oxygens (including phenoxy) is 1. The third-order valence-electron chi connectivity index (χ3n) is 5.47. The van der Waals surface area contributed by atoms with E-state index in [2.05, 4.69) is 15.2 Å².